The number of hydrogen-bond donors (Lipinski definition) is 3. The first-order chi connectivity index (χ1) is 14.6. The van der Waals surface area contributed by atoms with Crippen molar-refractivity contribution in [3.8, 4) is 11.1 Å². The number of urea groups is 1. The quantitative estimate of drug-likeness (QED) is 0.508. The summed E-state index contributed by atoms with van der Waals surface area (Å²) in [4.78, 5) is 31.2. The van der Waals surface area contributed by atoms with Crippen molar-refractivity contribution in [1.82, 2.24) is 15.3 Å². The van der Waals surface area contributed by atoms with Crippen LogP contribution < -0.4 is 16.4 Å². The van der Waals surface area contributed by atoms with Crippen LogP contribution in [-0.4, -0.2) is 34.5 Å². The Labute approximate surface area is 178 Å². The van der Waals surface area contributed by atoms with Gasteiger partial charge in [0.05, 0.1) is 11.4 Å². The Morgan fingerprint density at radius 1 is 1.16 bits per heavy atom. The molecule has 0 aromatic carbocycles. The van der Waals surface area contributed by atoms with Crippen LogP contribution in [0.4, 0.5) is 29.5 Å². The Balaban J connectivity index is 2.16. The number of aryl methyl sites for hydroxylation is 2. The lowest BCUT2D eigenvalue weighted by atomic mass is 9.97. The van der Waals surface area contributed by atoms with Crippen molar-refractivity contribution in [1.29, 1.82) is 0 Å². The van der Waals surface area contributed by atoms with E-state index in [9.17, 15) is 22.8 Å². The monoisotopic (exact) mass is 437 g/mol. The van der Waals surface area contributed by atoms with Gasteiger partial charge in [0.15, 0.2) is 0 Å². The van der Waals surface area contributed by atoms with Gasteiger partial charge in [0.25, 0.3) is 0 Å². The summed E-state index contributed by atoms with van der Waals surface area (Å²) >= 11 is 0. The second-order valence-corrected chi connectivity index (χ2v) is 7.13. The fourth-order valence-electron chi connectivity index (χ4n) is 3.06. The Bertz CT molecular complexity index is 932. The van der Waals surface area contributed by atoms with Crippen LogP contribution in [0.15, 0.2) is 24.5 Å². The van der Waals surface area contributed by atoms with Gasteiger partial charge in [-0.3, -0.25) is 10.3 Å². The number of nitrogens with one attached hydrogen (secondary N) is 2. The number of halogens is 3. The summed E-state index contributed by atoms with van der Waals surface area (Å²) in [5.41, 5.74) is 9.91. The van der Waals surface area contributed by atoms with Crippen LogP contribution in [0, 0.1) is 0 Å². The Morgan fingerprint density at radius 2 is 1.90 bits per heavy atom. The maximum atomic E-state index is 12.2. The number of aromatic nitrogens is 2. The summed E-state index contributed by atoms with van der Waals surface area (Å²) in [6, 6.07) is 2.39. The van der Waals surface area contributed by atoms with Gasteiger partial charge in [-0.2, -0.15) is 13.2 Å². The van der Waals surface area contributed by atoms with E-state index in [0.29, 0.717) is 24.9 Å². The zero-order valence-electron chi connectivity index (χ0n) is 17.5. The van der Waals surface area contributed by atoms with E-state index in [1.165, 1.54) is 6.20 Å². The minimum Gasteiger partial charge on any atom is -0.397 e. The molecule has 168 valence electrons. The number of nitrogens with two attached hydrogens (primary N) is 1. The van der Waals surface area contributed by atoms with Crippen molar-refractivity contribution in [2.75, 3.05) is 17.6 Å². The highest BCUT2D eigenvalue weighted by Crippen LogP contribution is 2.32. The van der Waals surface area contributed by atoms with E-state index < -0.39 is 18.8 Å². The maximum absolute atomic E-state index is 12.2. The number of ketones is 1. The molecule has 0 radical (unpaired) electrons. The summed E-state index contributed by atoms with van der Waals surface area (Å²) in [5, 5.41) is 4.04. The number of carbonyl (C=O) groups is 2. The average Bonchev–Trinajstić information content (AvgIpc) is 2.70. The largest absolute Gasteiger partial charge is 0.405 e. The summed E-state index contributed by atoms with van der Waals surface area (Å²) in [7, 11) is 0. The van der Waals surface area contributed by atoms with Crippen molar-refractivity contribution >= 4 is 23.3 Å². The molecule has 0 aliphatic rings. The number of nitrogens with zero attached hydrogens (tertiary/aromatic N) is 2. The standard InChI is InChI=1S/C21H26F3N5O2/c1-3-14-10-18(29-20(31)28-12-21(22,23)24)27-11-16(14)15-8-9-26-17(19(15)25)7-5-4-6-13(2)30/h8-11H,3-7,12,25H2,1-2H3,(H2,27,28,29,31). The Kier molecular flexibility index (Phi) is 8.35. The van der Waals surface area contributed by atoms with Gasteiger partial charge < -0.3 is 15.8 Å². The molecule has 2 aromatic heterocycles. The molecule has 2 heterocycles. The van der Waals surface area contributed by atoms with Crippen molar-refractivity contribution in [3.05, 3.63) is 35.8 Å². The van der Waals surface area contributed by atoms with E-state index in [-0.39, 0.29) is 11.6 Å². The predicted octanol–water partition coefficient (Wildman–Crippen LogP) is 4.27. The number of Topliss-reactive ketones (excluding diaryl/α,β-unsaturated/α-hetero) is 1. The molecule has 0 saturated carbocycles. The van der Waals surface area contributed by atoms with Crippen LogP contribution in [0.3, 0.4) is 0 Å². The van der Waals surface area contributed by atoms with E-state index in [0.717, 1.165) is 35.2 Å². The molecule has 4 N–H and O–H groups in total. The second-order valence-electron chi connectivity index (χ2n) is 7.13. The van der Waals surface area contributed by atoms with Crippen LogP contribution in [0.25, 0.3) is 11.1 Å². The fraction of sp³-hybridized carbons (Fsp3) is 0.429. The molecule has 0 spiro atoms. The third-order valence-electron chi connectivity index (χ3n) is 4.62. The molecule has 0 bridgehead atoms. The number of pyridine rings is 2. The SMILES string of the molecule is CCc1cc(NC(=O)NCC(F)(F)F)ncc1-c1ccnc(CCCCC(C)=O)c1N. The van der Waals surface area contributed by atoms with Crippen molar-refractivity contribution in [3.63, 3.8) is 0 Å². The highest BCUT2D eigenvalue weighted by molar-refractivity contribution is 5.89. The first-order valence-corrected chi connectivity index (χ1v) is 9.94. The topological polar surface area (TPSA) is 110 Å². The van der Waals surface area contributed by atoms with E-state index in [4.69, 9.17) is 5.73 Å². The van der Waals surface area contributed by atoms with E-state index in [1.807, 2.05) is 6.92 Å². The molecule has 0 aliphatic carbocycles. The molecular weight excluding hydrogens is 411 g/mol. The third-order valence-corrected chi connectivity index (χ3v) is 4.62. The Morgan fingerprint density at radius 3 is 2.55 bits per heavy atom. The lowest BCUT2D eigenvalue weighted by molar-refractivity contribution is -0.122. The van der Waals surface area contributed by atoms with Gasteiger partial charge >= 0.3 is 12.2 Å². The van der Waals surface area contributed by atoms with Crippen LogP contribution in [0.1, 0.15) is 44.4 Å². The molecule has 0 saturated heterocycles. The minimum atomic E-state index is -4.49. The third kappa shape index (κ3) is 7.54. The van der Waals surface area contributed by atoms with Gasteiger partial charge in [-0.15, -0.1) is 0 Å². The van der Waals surface area contributed by atoms with E-state index in [1.54, 1.807) is 30.6 Å². The molecule has 0 aliphatic heterocycles. The average molecular weight is 437 g/mol. The molecular formula is C21H26F3N5O2. The summed E-state index contributed by atoms with van der Waals surface area (Å²) in [6.45, 7) is 2.04. The minimum absolute atomic E-state index is 0.136. The highest BCUT2D eigenvalue weighted by Gasteiger charge is 2.27. The second kappa shape index (κ2) is 10.7. The van der Waals surface area contributed by atoms with Crippen molar-refractivity contribution < 1.29 is 22.8 Å². The normalized spacial score (nSPS) is 11.3. The smallest absolute Gasteiger partial charge is 0.397 e. The molecule has 0 fully saturated rings. The summed E-state index contributed by atoms with van der Waals surface area (Å²) in [5.74, 6) is 0.284. The first-order valence-electron chi connectivity index (χ1n) is 9.94. The zero-order chi connectivity index (χ0) is 23.0. The van der Waals surface area contributed by atoms with Crippen LogP contribution >= 0.6 is 0 Å². The van der Waals surface area contributed by atoms with Gasteiger partial charge in [-0.05, 0) is 50.3 Å². The number of nitrogen functional groups attached to an aromatic ring is 1. The van der Waals surface area contributed by atoms with Gasteiger partial charge in [-0.25, -0.2) is 9.78 Å². The van der Waals surface area contributed by atoms with Crippen LogP contribution in [0.2, 0.25) is 0 Å². The maximum Gasteiger partial charge on any atom is 0.405 e. The lowest BCUT2D eigenvalue weighted by Gasteiger charge is -2.15. The van der Waals surface area contributed by atoms with E-state index in [2.05, 4.69) is 15.3 Å². The number of unbranched alkanes of at least 4 members (excludes halogenated alkanes) is 1. The number of hydrogen-bond acceptors (Lipinski definition) is 5. The molecule has 2 rings (SSSR count). The summed E-state index contributed by atoms with van der Waals surface area (Å²) < 4.78 is 36.7. The molecule has 0 unspecified atom stereocenters. The molecule has 31 heavy (non-hydrogen) atoms. The Hall–Kier alpha value is -3.17. The zero-order valence-corrected chi connectivity index (χ0v) is 17.5. The predicted molar refractivity (Wildman–Crippen MR) is 113 cm³/mol. The molecule has 7 nitrogen and oxygen atoms in total. The van der Waals surface area contributed by atoms with Crippen LogP contribution in [0.5, 0.6) is 0 Å². The van der Waals surface area contributed by atoms with Gasteiger partial charge in [0.1, 0.15) is 18.1 Å². The van der Waals surface area contributed by atoms with Crippen LogP contribution in [-0.2, 0) is 17.6 Å². The molecule has 2 aromatic rings. The van der Waals surface area contributed by atoms with Gasteiger partial charge in [-0.1, -0.05) is 6.92 Å². The summed E-state index contributed by atoms with van der Waals surface area (Å²) in [6.07, 6.45) is 1.99. The number of alkyl halides is 3. The number of anilines is 2. The number of rotatable bonds is 9. The van der Waals surface area contributed by atoms with Crippen molar-refractivity contribution in [2.45, 2.75) is 52.1 Å². The molecule has 10 heteroatoms. The fourth-order valence-corrected chi connectivity index (χ4v) is 3.06. The first kappa shape index (κ1) is 24.1. The number of amides is 2. The molecule has 2 amide bonds. The van der Waals surface area contributed by atoms with Gasteiger partial charge in [0.2, 0.25) is 0 Å². The van der Waals surface area contributed by atoms with Crippen molar-refractivity contribution in [2.24, 2.45) is 0 Å². The number of carbonyl (C=O) groups excluding carboxylic acids is 2. The van der Waals surface area contributed by atoms with Gasteiger partial charge in [0, 0.05) is 29.9 Å². The highest BCUT2D eigenvalue weighted by atomic mass is 19.4. The van der Waals surface area contributed by atoms with E-state index >= 15 is 0 Å². The molecule has 0 atom stereocenters. The lowest BCUT2D eigenvalue weighted by Crippen LogP contribution is -2.36.